The van der Waals surface area contributed by atoms with E-state index >= 15 is 0 Å². The van der Waals surface area contributed by atoms with Crippen molar-refractivity contribution in [1.82, 2.24) is 9.97 Å². The lowest BCUT2D eigenvalue weighted by molar-refractivity contribution is 0.628. The first-order valence-corrected chi connectivity index (χ1v) is 10.9. The minimum Gasteiger partial charge on any atom is -0.354 e. The fraction of sp³-hybridized carbons (Fsp3) is 0.0345. The molecule has 2 N–H and O–H groups in total. The molecule has 0 saturated carbocycles. The van der Waals surface area contributed by atoms with Crippen molar-refractivity contribution in [3.63, 3.8) is 0 Å². The molecule has 2 aromatic heterocycles. The second-order valence-corrected chi connectivity index (χ2v) is 8.25. The molecule has 0 aliphatic carbocycles. The predicted molar refractivity (Wildman–Crippen MR) is 130 cm³/mol. The Morgan fingerprint density at radius 1 is 0.515 bits per heavy atom. The molecule has 6 aromatic rings. The minimum absolute atomic E-state index is 0.273. The van der Waals surface area contributed by atoms with Gasteiger partial charge in [-0.2, -0.15) is 0 Å². The van der Waals surface area contributed by atoms with Crippen molar-refractivity contribution in [3.8, 4) is 22.5 Å². The number of rotatable bonds is 4. The number of halogens is 2. The zero-order chi connectivity index (χ0) is 22.4. The van der Waals surface area contributed by atoms with Crippen LogP contribution < -0.4 is 0 Å². The standard InChI is InChI=1S/C29H20F2N2/c30-20-9-5-7-18(15-20)28-24(22-11-1-3-13-26(22)32-28)17-25-23-12-2-4-14-27(23)33-29(25)19-8-6-10-21(31)16-19/h1-16,32-33H,17H2. The molecule has 0 bridgehead atoms. The van der Waals surface area contributed by atoms with Crippen LogP contribution in [0.3, 0.4) is 0 Å². The maximum Gasteiger partial charge on any atom is 0.123 e. The van der Waals surface area contributed by atoms with Gasteiger partial charge >= 0.3 is 0 Å². The summed E-state index contributed by atoms with van der Waals surface area (Å²) in [5.41, 5.74) is 7.55. The van der Waals surface area contributed by atoms with E-state index in [4.69, 9.17) is 0 Å². The van der Waals surface area contributed by atoms with Crippen LogP contribution in [-0.2, 0) is 6.42 Å². The van der Waals surface area contributed by atoms with E-state index in [1.807, 2.05) is 48.5 Å². The summed E-state index contributed by atoms with van der Waals surface area (Å²) in [6.45, 7) is 0. The summed E-state index contributed by atoms with van der Waals surface area (Å²) in [7, 11) is 0. The zero-order valence-electron chi connectivity index (χ0n) is 17.7. The van der Waals surface area contributed by atoms with Crippen LogP contribution in [0.15, 0.2) is 97.1 Å². The van der Waals surface area contributed by atoms with Crippen molar-refractivity contribution in [2.24, 2.45) is 0 Å². The topological polar surface area (TPSA) is 31.6 Å². The Balaban J connectivity index is 1.60. The van der Waals surface area contributed by atoms with Gasteiger partial charge in [-0.15, -0.1) is 0 Å². The van der Waals surface area contributed by atoms with E-state index in [2.05, 4.69) is 22.1 Å². The average molecular weight is 434 g/mol. The molecule has 0 aliphatic heterocycles. The van der Waals surface area contributed by atoms with Gasteiger partial charge in [0.15, 0.2) is 0 Å². The van der Waals surface area contributed by atoms with Crippen molar-refractivity contribution in [1.29, 1.82) is 0 Å². The fourth-order valence-corrected chi connectivity index (χ4v) is 4.72. The predicted octanol–water partition coefficient (Wildman–Crippen LogP) is 7.85. The molecule has 0 atom stereocenters. The van der Waals surface area contributed by atoms with Gasteiger partial charge < -0.3 is 9.97 Å². The van der Waals surface area contributed by atoms with Crippen molar-refractivity contribution in [2.45, 2.75) is 6.42 Å². The van der Waals surface area contributed by atoms with Gasteiger partial charge in [0.25, 0.3) is 0 Å². The van der Waals surface area contributed by atoms with E-state index < -0.39 is 0 Å². The van der Waals surface area contributed by atoms with E-state index in [-0.39, 0.29) is 11.6 Å². The number of nitrogens with one attached hydrogen (secondary N) is 2. The number of hydrogen-bond donors (Lipinski definition) is 2. The molecule has 4 heteroatoms. The van der Waals surface area contributed by atoms with Crippen LogP contribution in [0, 0.1) is 11.6 Å². The zero-order valence-corrected chi connectivity index (χ0v) is 17.7. The third kappa shape index (κ3) is 3.40. The molecule has 2 nitrogen and oxygen atoms in total. The monoisotopic (exact) mass is 434 g/mol. The third-order valence-corrected chi connectivity index (χ3v) is 6.21. The van der Waals surface area contributed by atoms with Crippen molar-refractivity contribution >= 4 is 21.8 Å². The Hall–Kier alpha value is -4.18. The summed E-state index contributed by atoms with van der Waals surface area (Å²) < 4.78 is 28.2. The first-order chi connectivity index (χ1) is 16.2. The highest BCUT2D eigenvalue weighted by molar-refractivity contribution is 5.95. The highest BCUT2D eigenvalue weighted by Crippen LogP contribution is 2.37. The lowest BCUT2D eigenvalue weighted by Crippen LogP contribution is -1.93. The summed E-state index contributed by atoms with van der Waals surface area (Å²) in [6.07, 6.45) is 0.603. The smallest absolute Gasteiger partial charge is 0.123 e. The highest BCUT2D eigenvalue weighted by atomic mass is 19.1. The van der Waals surface area contributed by atoms with Crippen molar-refractivity contribution in [2.75, 3.05) is 0 Å². The van der Waals surface area contributed by atoms with Crippen LogP contribution in [0.25, 0.3) is 44.3 Å². The van der Waals surface area contributed by atoms with Gasteiger partial charge in [0, 0.05) is 39.4 Å². The summed E-state index contributed by atoms with van der Waals surface area (Å²) in [5.74, 6) is -0.547. The SMILES string of the molecule is Fc1cccc(-c2[nH]c3ccccc3c2Cc2c(-c3cccc(F)c3)[nH]c3ccccc23)c1. The molecule has 33 heavy (non-hydrogen) atoms. The molecule has 160 valence electrons. The molecule has 0 unspecified atom stereocenters. The molecule has 0 radical (unpaired) electrons. The number of para-hydroxylation sites is 2. The van der Waals surface area contributed by atoms with Crippen LogP contribution in [0.1, 0.15) is 11.1 Å². The fourth-order valence-electron chi connectivity index (χ4n) is 4.72. The number of benzene rings is 4. The van der Waals surface area contributed by atoms with E-state index in [1.165, 1.54) is 12.1 Å². The van der Waals surface area contributed by atoms with Gasteiger partial charge in [-0.25, -0.2) is 8.78 Å². The first-order valence-electron chi connectivity index (χ1n) is 10.9. The van der Waals surface area contributed by atoms with Gasteiger partial charge in [-0.05, 0) is 47.5 Å². The van der Waals surface area contributed by atoms with Gasteiger partial charge in [0.05, 0.1) is 11.4 Å². The van der Waals surface area contributed by atoms with Gasteiger partial charge in [-0.3, -0.25) is 0 Å². The van der Waals surface area contributed by atoms with Crippen LogP contribution >= 0.6 is 0 Å². The first kappa shape index (κ1) is 19.5. The number of aromatic nitrogens is 2. The third-order valence-electron chi connectivity index (χ3n) is 6.21. The largest absolute Gasteiger partial charge is 0.354 e. The molecule has 0 aliphatic rings. The van der Waals surface area contributed by atoms with E-state index in [0.29, 0.717) is 6.42 Å². The lowest BCUT2D eigenvalue weighted by atomic mass is 9.95. The molecule has 0 amide bonds. The van der Waals surface area contributed by atoms with Crippen LogP contribution in [0.4, 0.5) is 8.78 Å². The highest BCUT2D eigenvalue weighted by Gasteiger charge is 2.19. The number of H-pyrrole nitrogens is 2. The second-order valence-electron chi connectivity index (χ2n) is 8.25. The molecule has 0 spiro atoms. The van der Waals surface area contributed by atoms with Gasteiger partial charge in [0.2, 0.25) is 0 Å². The molecular formula is C29H20F2N2. The van der Waals surface area contributed by atoms with E-state index in [9.17, 15) is 8.78 Å². The Labute approximate surface area is 189 Å². The molecule has 4 aromatic carbocycles. The van der Waals surface area contributed by atoms with E-state index in [1.54, 1.807) is 24.3 Å². The quantitative estimate of drug-likeness (QED) is 0.283. The molecule has 0 fully saturated rings. The van der Waals surface area contributed by atoms with Crippen molar-refractivity contribution in [3.05, 3.63) is 120 Å². The summed E-state index contributed by atoms with van der Waals surface area (Å²) in [5, 5.41) is 2.18. The number of aromatic amines is 2. The molecule has 6 rings (SSSR count). The van der Waals surface area contributed by atoms with Crippen LogP contribution in [0.5, 0.6) is 0 Å². The van der Waals surface area contributed by atoms with Crippen LogP contribution in [-0.4, -0.2) is 9.97 Å². The maximum atomic E-state index is 14.1. The van der Waals surface area contributed by atoms with Gasteiger partial charge in [-0.1, -0.05) is 60.7 Å². The van der Waals surface area contributed by atoms with Crippen LogP contribution in [0.2, 0.25) is 0 Å². The normalized spacial score (nSPS) is 11.5. The Morgan fingerprint density at radius 3 is 1.42 bits per heavy atom. The minimum atomic E-state index is -0.273. The second kappa shape index (κ2) is 7.75. The van der Waals surface area contributed by atoms with E-state index in [0.717, 1.165) is 55.4 Å². The summed E-state index contributed by atoms with van der Waals surface area (Å²) in [6, 6.07) is 29.5. The molecule has 0 saturated heterocycles. The number of fused-ring (bicyclic) bond motifs is 2. The summed E-state index contributed by atoms with van der Waals surface area (Å²) >= 11 is 0. The average Bonchev–Trinajstić information content (AvgIpc) is 3.38. The number of hydrogen-bond acceptors (Lipinski definition) is 0. The van der Waals surface area contributed by atoms with Gasteiger partial charge in [0.1, 0.15) is 11.6 Å². The summed E-state index contributed by atoms with van der Waals surface area (Å²) in [4.78, 5) is 7.00. The molecular weight excluding hydrogens is 414 g/mol. The lowest BCUT2D eigenvalue weighted by Gasteiger charge is -2.09. The molecule has 2 heterocycles. The maximum absolute atomic E-state index is 14.1. The van der Waals surface area contributed by atoms with Crippen molar-refractivity contribution < 1.29 is 8.78 Å². The Morgan fingerprint density at radius 2 is 0.970 bits per heavy atom. The Bertz CT molecular complexity index is 1500. The Kier molecular flexibility index (Phi) is 4.58.